The maximum Gasteiger partial charge on any atom is 0.136 e. The fraction of sp³-hybridized carbons (Fsp3) is 0.571. The molecule has 5 heteroatoms. The first kappa shape index (κ1) is 12.5. The van der Waals surface area contributed by atoms with E-state index in [1.807, 2.05) is 0 Å². The molecule has 0 bridgehead atoms. The van der Waals surface area contributed by atoms with Crippen LogP contribution in [0.1, 0.15) is 35.8 Å². The molecule has 2 aliphatic heterocycles. The van der Waals surface area contributed by atoms with Gasteiger partial charge in [-0.15, -0.1) is 0 Å². The molecule has 2 aliphatic rings. The minimum absolute atomic E-state index is 0.172. The van der Waals surface area contributed by atoms with Crippen molar-refractivity contribution in [3.05, 3.63) is 29.1 Å². The molecule has 1 N–H and O–H groups in total. The highest BCUT2D eigenvalue weighted by atomic mass is 16.5. The van der Waals surface area contributed by atoms with Gasteiger partial charge in [0.1, 0.15) is 12.3 Å². The van der Waals surface area contributed by atoms with Gasteiger partial charge in [-0.05, 0) is 24.8 Å². The van der Waals surface area contributed by atoms with Crippen LogP contribution in [0.2, 0.25) is 0 Å². The van der Waals surface area contributed by atoms with Gasteiger partial charge in [-0.1, -0.05) is 0 Å². The highest BCUT2D eigenvalue weighted by molar-refractivity contribution is 5.42. The first-order chi connectivity index (χ1) is 9.38. The van der Waals surface area contributed by atoms with Crippen molar-refractivity contribution in [1.29, 1.82) is 5.26 Å². The summed E-state index contributed by atoms with van der Waals surface area (Å²) in [7, 11) is 0. The van der Waals surface area contributed by atoms with Gasteiger partial charge in [0, 0.05) is 31.1 Å². The monoisotopic (exact) mass is 259 g/mol. The average Bonchev–Trinajstić information content (AvgIpc) is 2.97. The van der Waals surface area contributed by atoms with Crippen molar-refractivity contribution >= 4 is 0 Å². The molecule has 0 saturated carbocycles. The van der Waals surface area contributed by atoms with Crippen molar-refractivity contribution in [2.75, 3.05) is 19.8 Å². The molecule has 19 heavy (non-hydrogen) atoms. The van der Waals surface area contributed by atoms with Crippen LogP contribution in [0.5, 0.6) is 0 Å². The van der Waals surface area contributed by atoms with Crippen LogP contribution in [0.4, 0.5) is 0 Å². The van der Waals surface area contributed by atoms with Gasteiger partial charge in [-0.2, -0.15) is 5.26 Å². The molecule has 1 saturated heterocycles. The molecule has 100 valence electrons. The second-order valence-electron chi connectivity index (χ2n) is 4.91. The molecule has 5 nitrogen and oxygen atoms in total. The van der Waals surface area contributed by atoms with Gasteiger partial charge in [0.2, 0.25) is 0 Å². The Morgan fingerprint density at radius 2 is 2.32 bits per heavy atom. The third-order valence-electron chi connectivity index (χ3n) is 3.69. The third kappa shape index (κ3) is 2.61. The van der Waals surface area contributed by atoms with Crippen molar-refractivity contribution in [3.63, 3.8) is 0 Å². The van der Waals surface area contributed by atoms with Crippen LogP contribution in [-0.4, -0.2) is 30.8 Å². The van der Waals surface area contributed by atoms with Gasteiger partial charge in [-0.25, -0.2) is 0 Å². The van der Waals surface area contributed by atoms with Gasteiger partial charge < -0.3 is 9.47 Å². The number of ether oxygens (including phenoxy) is 2. The summed E-state index contributed by atoms with van der Waals surface area (Å²) < 4.78 is 11.3. The Bertz CT molecular complexity index is 492. The van der Waals surface area contributed by atoms with Crippen molar-refractivity contribution in [2.45, 2.75) is 31.6 Å². The number of rotatable bonds is 3. The molecule has 0 aliphatic carbocycles. The molecule has 3 rings (SSSR count). The normalized spacial score (nSPS) is 25.8. The SMILES string of the molecule is N#Cc1cncc2c1CCOC2NCC1CCCO1. The van der Waals surface area contributed by atoms with Crippen molar-refractivity contribution in [3.8, 4) is 6.07 Å². The van der Waals surface area contributed by atoms with E-state index in [2.05, 4.69) is 16.4 Å². The molecule has 1 fully saturated rings. The van der Waals surface area contributed by atoms with Crippen LogP contribution in [-0.2, 0) is 15.9 Å². The maximum atomic E-state index is 9.11. The molecule has 1 aromatic rings. The van der Waals surface area contributed by atoms with E-state index >= 15 is 0 Å². The lowest BCUT2D eigenvalue weighted by atomic mass is 9.99. The fourth-order valence-corrected chi connectivity index (χ4v) is 2.69. The van der Waals surface area contributed by atoms with E-state index < -0.39 is 0 Å². The van der Waals surface area contributed by atoms with Gasteiger partial charge in [0.15, 0.2) is 0 Å². The van der Waals surface area contributed by atoms with Crippen LogP contribution in [0.15, 0.2) is 12.4 Å². The number of fused-ring (bicyclic) bond motifs is 1. The lowest BCUT2D eigenvalue weighted by Gasteiger charge is -2.27. The molecule has 0 aromatic carbocycles. The van der Waals surface area contributed by atoms with Gasteiger partial charge in [-0.3, -0.25) is 10.3 Å². The van der Waals surface area contributed by atoms with E-state index in [1.54, 1.807) is 12.4 Å². The Hall–Kier alpha value is -1.48. The topological polar surface area (TPSA) is 67.2 Å². The summed E-state index contributed by atoms with van der Waals surface area (Å²) in [5.74, 6) is 0. The minimum Gasteiger partial charge on any atom is -0.377 e. The first-order valence-electron chi connectivity index (χ1n) is 6.72. The summed E-state index contributed by atoms with van der Waals surface area (Å²) in [6, 6.07) is 2.20. The van der Waals surface area contributed by atoms with Crippen molar-refractivity contribution < 1.29 is 9.47 Å². The van der Waals surface area contributed by atoms with Crippen LogP contribution in [0, 0.1) is 11.3 Å². The number of nitrogens with zero attached hydrogens (tertiary/aromatic N) is 2. The summed E-state index contributed by atoms with van der Waals surface area (Å²) >= 11 is 0. The molecule has 2 atom stereocenters. The molecular formula is C14H17N3O2. The predicted octanol–water partition coefficient (Wildman–Crippen LogP) is 1.29. The molecule has 1 aromatic heterocycles. The Morgan fingerprint density at radius 3 is 3.11 bits per heavy atom. The van der Waals surface area contributed by atoms with E-state index in [1.165, 1.54) is 0 Å². The maximum absolute atomic E-state index is 9.11. The van der Waals surface area contributed by atoms with E-state index in [-0.39, 0.29) is 12.3 Å². The quantitative estimate of drug-likeness (QED) is 0.886. The Morgan fingerprint density at radius 1 is 1.37 bits per heavy atom. The van der Waals surface area contributed by atoms with Crippen LogP contribution < -0.4 is 5.32 Å². The van der Waals surface area contributed by atoms with Gasteiger partial charge in [0.05, 0.1) is 18.3 Å². The number of hydrogen-bond acceptors (Lipinski definition) is 5. The smallest absolute Gasteiger partial charge is 0.136 e. The standard InChI is InChI=1S/C14H17N3O2/c15-6-10-7-16-9-13-12(10)3-5-19-14(13)17-8-11-2-1-4-18-11/h7,9,11,14,17H,1-5,8H2. The fourth-order valence-electron chi connectivity index (χ4n) is 2.69. The van der Waals surface area contributed by atoms with E-state index in [0.29, 0.717) is 12.2 Å². The molecule has 2 unspecified atom stereocenters. The van der Waals surface area contributed by atoms with E-state index in [9.17, 15) is 0 Å². The zero-order chi connectivity index (χ0) is 13.1. The predicted molar refractivity (Wildman–Crippen MR) is 68.3 cm³/mol. The molecule has 0 radical (unpaired) electrons. The van der Waals surface area contributed by atoms with Crippen molar-refractivity contribution in [2.24, 2.45) is 0 Å². The summed E-state index contributed by atoms with van der Waals surface area (Å²) in [6.07, 6.45) is 6.54. The Labute approximate surface area is 112 Å². The van der Waals surface area contributed by atoms with Gasteiger partial charge >= 0.3 is 0 Å². The lowest BCUT2D eigenvalue weighted by molar-refractivity contribution is 0.00608. The van der Waals surface area contributed by atoms with Crippen LogP contribution in [0.25, 0.3) is 0 Å². The number of nitrogens with one attached hydrogen (secondary N) is 1. The second-order valence-corrected chi connectivity index (χ2v) is 4.91. The Balaban J connectivity index is 1.73. The molecular weight excluding hydrogens is 242 g/mol. The van der Waals surface area contributed by atoms with E-state index in [4.69, 9.17) is 14.7 Å². The van der Waals surface area contributed by atoms with E-state index in [0.717, 1.165) is 43.5 Å². The molecule has 3 heterocycles. The Kier molecular flexibility index (Phi) is 3.74. The number of hydrogen-bond donors (Lipinski definition) is 1. The lowest BCUT2D eigenvalue weighted by Crippen LogP contribution is -2.34. The molecule has 0 spiro atoms. The first-order valence-corrected chi connectivity index (χ1v) is 6.72. The highest BCUT2D eigenvalue weighted by Gasteiger charge is 2.25. The van der Waals surface area contributed by atoms with Crippen LogP contribution >= 0.6 is 0 Å². The van der Waals surface area contributed by atoms with Crippen molar-refractivity contribution in [1.82, 2.24) is 10.3 Å². The van der Waals surface area contributed by atoms with Crippen LogP contribution in [0.3, 0.4) is 0 Å². The summed E-state index contributed by atoms with van der Waals surface area (Å²) in [6.45, 7) is 2.27. The number of nitriles is 1. The zero-order valence-corrected chi connectivity index (χ0v) is 10.8. The third-order valence-corrected chi connectivity index (χ3v) is 3.69. The van der Waals surface area contributed by atoms with Gasteiger partial charge in [0.25, 0.3) is 0 Å². The zero-order valence-electron chi connectivity index (χ0n) is 10.8. The molecule has 0 amide bonds. The average molecular weight is 259 g/mol. The largest absolute Gasteiger partial charge is 0.377 e. The minimum atomic E-state index is -0.172. The number of aromatic nitrogens is 1. The summed E-state index contributed by atoms with van der Waals surface area (Å²) in [5, 5.41) is 12.5. The highest BCUT2D eigenvalue weighted by Crippen LogP contribution is 2.26. The summed E-state index contributed by atoms with van der Waals surface area (Å²) in [5.41, 5.74) is 2.71. The number of pyridine rings is 1. The summed E-state index contributed by atoms with van der Waals surface area (Å²) in [4.78, 5) is 4.13. The second kappa shape index (κ2) is 5.66.